The molecular formula is C24H27NO4. The van der Waals surface area contributed by atoms with E-state index in [1.165, 1.54) is 0 Å². The van der Waals surface area contributed by atoms with Gasteiger partial charge in [-0.15, -0.1) is 0 Å². The molecule has 1 saturated heterocycles. The number of fused-ring (bicyclic) bond motifs is 1. The number of Topliss-reactive ketones (excluding diaryl/α,β-unsaturated/α-hetero) is 1. The monoisotopic (exact) mass is 393 g/mol. The lowest BCUT2D eigenvalue weighted by molar-refractivity contribution is -0.00576. The molecule has 0 aliphatic carbocycles. The molecule has 0 radical (unpaired) electrons. The number of benzene rings is 2. The van der Waals surface area contributed by atoms with Gasteiger partial charge in [0.1, 0.15) is 17.1 Å². The van der Waals surface area contributed by atoms with Crippen molar-refractivity contribution in [2.45, 2.75) is 45.6 Å². The van der Waals surface area contributed by atoms with Crippen molar-refractivity contribution < 1.29 is 19.1 Å². The van der Waals surface area contributed by atoms with Crippen molar-refractivity contribution in [3.8, 4) is 11.5 Å². The molecule has 1 amide bonds. The highest BCUT2D eigenvalue weighted by atomic mass is 16.5. The maximum Gasteiger partial charge on any atom is 0.253 e. The molecule has 5 heteroatoms. The molecule has 0 atom stereocenters. The van der Waals surface area contributed by atoms with Crippen molar-refractivity contribution >= 4 is 11.7 Å². The van der Waals surface area contributed by atoms with Gasteiger partial charge in [-0.1, -0.05) is 6.07 Å². The lowest BCUT2D eigenvalue weighted by Gasteiger charge is -2.44. The zero-order valence-corrected chi connectivity index (χ0v) is 17.3. The van der Waals surface area contributed by atoms with E-state index in [2.05, 4.69) is 0 Å². The molecule has 4 rings (SSSR count). The summed E-state index contributed by atoms with van der Waals surface area (Å²) in [6.07, 6.45) is 1.69. The fourth-order valence-corrected chi connectivity index (χ4v) is 4.21. The summed E-state index contributed by atoms with van der Waals surface area (Å²) in [7, 11) is 0. The summed E-state index contributed by atoms with van der Waals surface area (Å²) in [4.78, 5) is 27.6. The summed E-state index contributed by atoms with van der Waals surface area (Å²) in [5, 5.41) is 0. The molecule has 0 bridgehead atoms. The van der Waals surface area contributed by atoms with Gasteiger partial charge in [-0.05, 0) is 62.2 Å². The van der Waals surface area contributed by atoms with Crippen molar-refractivity contribution in [2.24, 2.45) is 0 Å². The van der Waals surface area contributed by atoms with E-state index in [1.54, 1.807) is 6.07 Å². The molecule has 2 aliphatic rings. The van der Waals surface area contributed by atoms with Crippen LogP contribution < -0.4 is 9.47 Å². The summed E-state index contributed by atoms with van der Waals surface area (Å²) >= 11 is 0. The third-order valence-electron chi connectivity index (χ3n) is 6.06. The van der Waals surface area contributed by atoms with Crippen LogP contribution in [0.2, 0.25) is 0 Å². The smallest absolute Gasteiger partial charge is 0.253 e. The topological polar surface area (TPSA) is 55.8 Å². The molecule has 2 aromatic carbocycles. The average Bonchev–Trinajstić information content (AvgIpc) is 2.70. The van der Waals surface area contributed by atoms with E-state index in [0.29, 0.717) is 61.6 Å². The first-order chi connectivity index (χ1) is 13.9. The Kier molecular flexibility index (Phi) is 5.07. The van der Waals surface area contributed by atoms with Gasteiger partial charge in [0.15, 0.2) is 5.78 Å². The van der Waals surface area contributed by atoms with E-state index in [-0.39, 0.29) is 11.7 Å². The number of carbonyl (C=O) groups is 2. The van der Waals surface area contributed by atoms with Gasteiger partial charge in [-0.3, -0.25) is 9.59 Å². The number of carbonyl (C=O) groups excluding carboxylic acids is 2. The van der Waals surface area contributed by atoms with Crippen LogP contribution in [-0.2, 0) is 0 Å². The first-order valence-electron chi connectivity index (χ1n) is 10.3. The number of hydrogen-bond acceptors (Lipinski definition) is 4. The van der Waals surface area contributed by atoms with Crippen molar-refractivity contribution in [3.63, 3.8) is 0 Å². The van der Waals surface area contributed by atoms with Crippen molar-refractivity contribution in [2.75, 3.05) is 19.7 Å². The SMILES string of the molecule is CCOc1cccc(C(=O)N2CCC3(CC2)CC(=O)c2cc(C)c(C)cc2O3)c1. The number of hydrogen-bond donors (Lipinski definition) is 0. The van der Waals surface area contributed by atoms with Crippen LogP contribution in [0.15, 0.2) is 36.4 Å². The molecular weight excluding hydrogens is 366 g/mol. The van der Waals surface area contributed by atoms with E-state index in [0.717, 1.165) is 11.1 Å². The second-order valence-electron chi connectivity index (χ2n) is 8.07. The number of likely N-dealkylation sites (tertiary alicyclic amines) is 1. The molecule has 5 nitrogen and oxygen atoms in total. The standard InChI is InChI=1S/C24H27NO4/c1-4-28-19-7-5-6-18(14-19)23(27)25-10-8-24(9-11-25)15-21(26)20-12-16(2)17(3)13-22(20)29-24/h5-7,12-14H,4,8-11,15H2,1-3H3. The van der Waals surface area contributed by atoms with E-state index < -0.39 is 5.60 Å². The molecule has 2 aliphatic heterocycles. The second-order valence-corrected chi connectivity index (χ2v) is 8.07. The highest BCUT2D eigenvalue weighted by Crippen LogP contribution is 2.40. The third kappa shape index (κ3) is 3.74. The van der Waals surface area contributed by atoms with E-state index >= 15 is 0 Å². The van der Waals surface area contributed by atoms with Crippen molar-refractivity contribution in [3.05, 3.63) is 58.7 Å². The molecule has 0 aromatic heterocycles. The van der Waals surface area contributed by atoms with Crippen LogP contribution in [0.25, 0.3) is 0 Å². The minimum Gasteiger partial charge on any atom is -0.494 e. The van der Waals surface area contributed by atoms with Crippen LogP contribution in [0.3, 0.4) is 0 Å². The number of rotatable bonds is 3. The van der Waals surface area contributed by atoms with Gasteiger partial charge in [0, 0.05) is 31.5 Å². The van der Waals surface area contributed by atoms with Crippen LogP contribution in [0.4, 0.5) is 0 Å². The summed E-state index contributed by atoms with van der Waals surface area (Å²) < 4.78 is 11.9. The molecule has 0 unspecified atom stereocenters. The Morgan fingerprint density at radius 3 is 2.59 bits per heavy atom. The predicted molar refractivity (Wildman–Crippen MR) is 111 cm³/mol. The Labute approximate surface area is 171 Å². The largest absolute Gasteiger partial charge is 0.494 e. The Bertz CT molecular complexity index is 957. The first-order valence-corrected chi connectivity index (χ1v) is 10.3. The van der Waals surface area contributed by atoms with Crippen LogP contribution in [0.5, 0.6) is 11.5 Å². The van der Waals surface area contributed by atoms with Gasteiger partial charge >= 0.3 is 0 Å². The van der Waals surface area contributed by atoms with Crippen LogP contribution in [0.1, 0.15) is 58.0 Å². The maximum absolute atomic E-state index is 12.9. The van der Waals surface area contributed by atoms with Gasteiger partial charge in [0.25, 0.3) is 5.91 Å². The summed E-state index contributed by atoms with van der Waals surface area (Å²) in [5.41, 5.74) is 3.03. The zero-order chi connectivity index (χ0) is 20.6. The van der Waals surface area contributed by atoms with Gasteiger partial charge < -0.3 is 14.4 Å². The van der Waals surface area contributed by atoms with Crippen LogP contribution in [-0.4, -0.2) is 41.9 Å². The normalized spacial score (nSPS) is 17.6. The first kappa shape index (κ1) is 19.5. The molecule has 0 saturated carbocycles. The lowest BCUT2D eigenvalue weighted by atomic mass is 9.81. The Morgan fingerprint density at radius 1 is 1.14 bits per heavy atom. The highest BCUT2D eigenvalue weighted by Gasteiger charge is 2.43. The molecule has 2 aromatic rings. The van der Waals surface area contributed by atoms with Gasteiger partial charge in [0.2, 0.25) is 0 Å². The number of ketones is 1. The molecule has 29 heavy (non-hydrogen) atoms. The minimum atomic E-state index is -0.504. The van der Waals surface area contributed by atoms with Crippen LogP contribution in [0, 0.1) is 13.8 Å². The molecule has 2 heterocycles. The average molecular weight is 393 g/mol. The van der Waals surface area contributed by atoms with Crippen LogP contribution >= 0.6 is 0 Å². The van der Waals surface area contributed by atoms with E-state index in [4.69, 9.17) is 9.47 Å². The Hall–Kier alpha value is -2.82. The quantitative estimate of drug-likeness (QED) is 0.778. The fourth-order valence-electron chi connectivity index (χ4n) is 4.21. The molecule has 1 spiro atoms. The number of aryl methyl sites for hydroxylation is 2. The Morgan fingerprint density at radius 2 is 1.86 bits per heavy atom. The number of nitrogens with zero attached hydrogens (tertiary/aromatic N) is 1. The number of piperidine rings is 1. The third-order valence-corrected chi connectivity index (χ3v) is 6.06. The van der Waals surface area contributed by atoms with E-state index in [9.17, 15) is 9.59 Å². The molecule has 1 fully saturated rings. The van der Waals surface area contributed by atoms with Gasteiger partial charge in [-0.2, -0.15) is 0 Å². The second kappa shape index (κ2) is 7.54. The zero-order valence-electron chi connectivity index (χ0n) is 17.3. The van der Waals surface area contributed by atoms with Crippen molar-refractivity contribution in [1.29, 1.82) is 0 Å². The number of ether oxygens (including phenoxy) is 2. The summed E-state index contributed by atoms with van der Waals surface area (Å²) in [6.45, 7) is 7.68. The highest BCUT2D eigenvalue weighted by molar-refractivity contribution is 6.00. The Balaban J connectivity index is 1.48. The summed E-state index contributed by atoms with van der Waals surface area (Å²) in [5.74, 6) is 1.53. The lowest BCUT2D eigenvalue weighted by Crippen LogP contribution is -2.52. The predicted octanol–water partition coefficient (Wildman–Crippen LogP) is 4.34. The van der Waals surface area contributed by atoms with Gasteiger partial charge in [-0.25, -0.2) is 0 Å². The fraction of sp³-hybridized carbons (Fsp3) is 0.417. The molecule has 0 N–H and O–H groups in total. The van der Waals surface area contributed by atoms with Gasteiger partial charge in [0.05, 0.1) is 18.6 Å². The minimum absolute atomic E-state index is 0.00425. The summed E-state index contributed by atoms with van der Waals surface area (Å²) in [6, 6.07) is 11.2. The van der Waals surface area contributed by atoms with Crippen molar-refractivity contribution in [1.82, 2.24) is 4.90 Å². The number of amides is 1. The van der Waals surface area contributed by atoms with E-state index in [1.807, 2.05) is 56.0 Å². The maximum atomic E-state index is 12.9. The molecule has 152 valence electrons.